The fraction of sp³-hybridized carbons (Fsp3) is 0.500. The second-order valence-electron chi connectivity index (χ2n) is 4.90. The van der Waals surface area contributed by atoms with Crippen LogP contribution in [0.1, 0.15) is 19.3 Å². The highest BCUT2D eigenvalue weighted by atomic mass is 16.5. The lowest BCUT2D eigenvalue weighted by Crippen LogP contribution is -2.41. The molecule has 0 spiro atoms. The summed E-state index contributed by atoms with van der Waals surface area (Å²) in [4.78, 5) is 12.7. The molecule has 1 saturated heterocycles. The molecule has 0 radical (unpaired) electrons. The average molecular weight is 264 g/mol. The molecule has 2 rings (SSSR count). The van der Waals surface area contributed by atoms with Crippen LogP contribution in [0.2, 0.25) is 0 Å². The van der Waals surface area contributed by atoms with E-state index in [0.29, 0.717) is 6.54 Å². The summed E-state index contributed by atoms with van der Waals surface area (Å²) in [5.74, 6) is 0.0702. The van der Waals surface area contributed by atoms with Crippen molar-refractivity contribution in [2.24, 2.45) is 0 Å². The van der Waals surface area contributed by atoms with Crippen LogP contribution in [-0.2, 0) is 4.79 Å². The topological polar surface area (TPSA) is 75.8 Å². The van der Waals surface area contributed by atoms with Crippen LogP contribution in [0.5, 0.6) is 5.75 Å². The van der Waals surface area contributed by atoms with E-state index in [4.69, 9.17) is 15.6 Å². The number of nitrogens with zero attached hydrogens (tertiary/aromatic N) is 1. The molecule has 5 heteroatoms. The number of carbonyl (C=O) groups is 1. The van der Waals surface area contributed by atoms with E-state index in [1.807, 2.05) is 24.3 Å². The SMILES string of the molecule is Nc1ccc(OC2CCCN(CCC(=O)O)C2)cc1. The number of ether oxygens (including phenoxy) is 1. The zero-order chi connectivity index (χ0) is 13.7. The van der Waals surface area contributed by atoms with E-state index in [1.54, 1.807) is 0 Å². The Kier molecular flexibility index (Phi) is 4.63. The van der Waals surface area contributed by atoms with E-state index in [0.717, 1.165) is 37.4 Å². The number of piperidine rings is 1. The maximum Gasteiger partial charge on any atom is 0.304 e. The van der Waals surface area contributed by atoms with E-state index < -0.39 is 5.97 Å². The van der Waals surface area contributed by atoms with Crippen LogP contribution in [0, 0.1) is 0 Å². The monoisotopic (exact) mass is 264 g/mol. The van der Waals surface area contributed by atoms with Gasteiger partial charge >= 0.3 is 5.97 Å². The molecule has 1 aliphatic rings. The Labute approximate surface area is 113 Å². The molecule has 1 fully saturated rings. The van der Waals surface area contributed by atoms with Crippen LogP contribution < -0.4 is 10.5 Å². The molecule has 1 aromatic rings. The Morgan fingerprint density at radius 2 is 2.16 bits per heavy atom. The molecule has 1 aliphatic heterocycles. The highest BCUT2D eigenvalue weighted by molar-refractivity contribution is 5.66. The van der Waals surface area contributed by atoms with Crippen LogP contribution >= 0.6 is 0 Å². The lowest BCUT2D eigenvalue weighted by Gasteiger charge is -2.32. The molecule has 1 unspecified atom stereocenters. The molecule has 0 aromatic heterocycles. The lowest BCUT2D eigenvalue weighted by atomic mass is 10.1. The predicted molar refractivity (Wildman–Crippen MR) is 73.2 cm³/mol. The Bertz CT molecular complexity index is 419. The van der Waals surface area contributed by atoms with Gasteiger partial charge in [-0.2, -0.15) is 0 Å². The number of anilines is 1. The van der Waals surface area contributed by atoms with Crippen LogP contribution in [0.15, 0.2) is 24.3 Å². The lowest BCUT2D eigenvalue weighted by molar-refractivity contribution is -0.137. The van der Waals surface area contributed by atoms with Gasteiger partial charge in [0.2, 0.25) is 0 Å². The second-order valence-corrected chi connectivity index (χ2v) is 4.90. The summed E-state index contributed by atoms with van der Waals surface area (Å²) in [6.07, 6.45) is 2.37. The first-order valence-corrected chi connectivity index (χ1v) is 6.60. The molecule has 19 heavy (non-hydrogen) atoms. The first-order valence-electron chi connectivity index (χ1n) is 6.60. The summed E-state index contributed by atoms with van der Waals surface area (Å²) in [5, 5.41) is 8.70. The number of carboxylic acid groups (broad SMARTS) is 1. The summed E-state index contributed by atoms with van der Waals surface area (Å²) < 4.78 is 5.90. The van der Waals surface area contributed by atoms with Crippen molar-refractivity contribution in [1.82, 2.24) is 4.90 Å². The van der Waals surface area contributed by atoms with Gasteiger partial charge in [0.1, 0.15) is 11.9 Å². The molecule has 0 amide bonds. The van der Waals surface area contributed by atoms with Gasteiger partial charge in [-0.15, -0.1) is 0 Å². The van der Waals surface area contributed by atoms with Crippen molar-refractivity contribution in [2.75, 3.05) is 25.4 Å². The minimum atomic E-state index is -0.749. The standard InChI is InChI=1S/C14H20N2O3/c15-11-3-5-12(6-4-11)19-13-2-1-8-16(10-13)9-7-14(17)18/h3-6,13H,1-2,7-10,15H2,(H,17,18). The maximum atomic E-state index is 10.6. The number of aliphatic carboxylic acids is 1. The third-order valence-corrected chi connectivity index (χ3v) is 3.29. The van der Waals surface area contributed by atoms with Crippen LogP contribution in [0.4, 0.5) is 5.69 Å². The highest BCUT2D eigenvalue weighted by Gasteiger charge is 2.21. The largest absolute Gasteiger partial charge is 0.489 e. The van der Waals surface area contributed by atoms with E-state index >= 15 is 0 Å². The molecular weight excluding hydrogens is 244 g/mol. The molecule has 5 nitrogen and oxygen atoms in total. The zero-order valence-electron chi connectivity index (χ0n) is 10.9. The maximum absolute atomic E-state index is 10.6. The van der Waals surface area contributed by atoms with Crippen molar-refractivity contribution in [1.29, 1.82) is 0 Å². The Morgan fingerprint density at radius 3 is 2.84 bits per heavy atom. The smallest absolute Gasteiger partial charge is 0.304 e. The molecule has 1 atom stereocenters. The fourth-order valence-corrected chi connectivity index (χ4v) is 2.31. The summed E-state index contributed by atoms with van der Waals surface area (Å²) in [5.41, 5.74) is 6.35. The number of likely N-dealkylation sites (tertiary alicyclic amines) is 1. The quantitative estimate of drug-likeness (QED) is 0.790. The second kappa shape index (κ2) is 6.43. The third-order valence-electron chi connectivity index (χ3n) is 3.29. The van der Waals surface area contributed by atoms with Gasteiger partial charge in [-0.25, -0.2) is 0 Å². The normalized spacial score (nSPS) is 20.1. The van der Waals surface area contributed by atoms with E-state index in [2.05, 4.69) is 4.90 Å². The number of nitrogen functional groups attached to an aromatic ring is 1. The number of hydrogen-bond donors (Lipinski definition) is 2. The summed E-state index contributed by atoms with van der Waals surface area (Å²) in [6.45, 7) is 2.34. The van der Waals surface area contributed by atoms with Crippen LogP contribution in [-0.4, -0.2) is 41.7 Å². The number of rotatable bonds is 5. The van der Waals surface area contributed by atoms with Gasteiger partial charge in [0.05, 0.1) is 6.42 Å². The number of hydrogen-bond acceptors (Lipinski definition) is 4. The van der Waals surface area contributed by atoms with Crippen molar-refractivity contribution in [3.63, 3.8) is 0 Å². The van der Waals surface area contributed by atoms with Gasteiger partial charge in [0.15, 0.2) is 0 Å². The molecular formula is C14H20N2O3. The molecule has 104 valence electrons. The average Bonchev–Trinajstić information content (AvgIpc) is 2.40. The minimum Gasteiger partial charge on any atom is -0.489 e. The van der Waals surface area contributed by atoms with Gasteiger partial charge in [0.25, 0.3) is 0 Å². The van der Waals surface area contributed by atoms with Gasteiger partial charge in [0, 0.05) is 18.8 Å². The van der Waals surface area contributed by atoms with Crippen molar-refractivity contribution < 1.29 is 14.6 Å². The minimum absolute atomic E-state index is 0.131. The Hall–Kier alpha value is -1.75. The van der Waals surface area contributed by atoms with Crippen LogP contribution in [0.3, 0.4) is 0 Å². The molecule has 3 N–H and O–H groups in total. The Balaban J connectivity index is 1.83. The van der Waals surface area contributed by atoms with Gasteiger partial charge in [-0.3, -0.25) is 9.69 Å². The molecule has 1 heterocycles. The van der Waals surface area contributed by atoms with Crippen LogP contribution in [0.25, 0.3) is 0 Å². The molecule has 0 saturated carbocycles. The molecule has 0 aliphatic carbocycles. The summed E-state index contributed by atoms with van der Waals surface area (Å²) in [7, 11) is 0. The zero-order valence-corrected chi connectivity index (χ0v) is 10.9. The van der Waals surface area contributed by atoms with Crippen molar-refractivity contribution in [3.8, 4) is 5.75 Å². The number of nitrogens with two attached hydrogens (primary N) is 1. The van der Waals surface area contributed by atoms with E-state index in [9.17, 15) is 4.79 Å². The molecule has 0 bridgehead atoms. The summed E-state index contributed by atoms with van der Waals surface area (Å²) in [6, 6.07) is 7.37. The van der Waals surface area contributed by atoms with Crippen molar-refractivity contribution >= 4 is 11.7 Å². The predicted octanol–water partition coefficient (Wildman–Crippen LogP) is 1.59. The highest BCUT2D eigenvalue weighted by Crippen LogP contribution is 2.19. The van der Waals surface area contributed by atoms with Gasteiger partial charge < -0.3 is 15.6 Å². The number of carboxylic acids is 1. The third kappa shape index (κ3) is 4.44. The van der Waals surface area contributed by atoms with Crippen molar-refractivity contribution in [2.45, 2.75) is 25.4 Å². The van der Waals surface area contributed by atoms with Gasteiger partial charge in [-0.05, 0) is 43.7 Å². The van der Waals surface area contributed by atoms with E-state index in [1.165, 1.54) is 0 Å². The van der Waals surface area contributed by atoms with E-state index in [-0.39, 0.29) is 12.5 Å². The summed E-state index contributed by atoms with van der Waals surface area (Å²) >= 11 is 0. The first-order chi connectivity index (χ1) is 9.13. The number of benzene rings is 1. The Morgan fingerprint density at radius 1 is 1.42 bits per heavy atom. The molecule has 1 aromatic carbocycles. The fourth-order valence-electron chi connectivity index (χ4n) is 2.31. The first kappa shape index (κ1) is 13.7. The van der Waals surface area contributed by atoms with Crippen molar-refractivity contribution in [3.05, 3.63) is 24.3 Å². The van der Waals surface area contributed by atoms with Gasteiger partial charge in [-0.1, -0.05) is 0 Å².